The quantitative estimate of drug-likeness (QED) is 0.704. The summed E-state index contributed by atoms with van der Waals surface area (Å²) in [4.78, 5) is 16.4. The summed E-state index contributed by atoms with van der Waals surface area (Å²) >= 11 is 1.28. The molecule has 0 aliphatic carbocycles. The molecule has 1 aromatic carbocycles. The van der Waals surface area contributed by atoms with E-state index in [9.17, 15) is 13.2 Å². The molecule has 2 aliphatic rings. The van der Waals surface area contributed by atoms with Crippen molar-refractivity contribution in [1.82, 2.24) is 9.21 Å². The molecule has 6 nitrogen and oxygen atoms in total. The van der Waals surface area contributed by atoms with E-state index in [1.54, 1.807) is 6.07 Å². The van der Waals surface area contributed by atoms with Crippen LogP contribution in [0.5, 0.6) is 0 Å². The third-order valence-electron chi connectivity index (χ3n) is 6.11. The number of carbonyl (C=O) groups is 1. The van der Waals surface area contributed by atoms with Gasteiger partial charge in [-0.15, -0.1) is 11.3 Å². The smallest absolute Gasteiger partial charge is 0.252 e. The largest absolute Gasteiger partial charge is 0.326 e. The molecule has 2 aromatic rings. The molecular weight excluding hydrogens is 430 g/mol. The molecule has 31 heavy (non-hydrogen) atoms. The van der Waals surface area contributed by atoms with E-state index in [4.69, 9.17) is 0 Å². The highest BCUT2D eigenvalue weighted by molar-refractivity contribution is 7.91. The molecule has 3 heterocycles. The summed E-state index contributed by atoms with van der Waals surface area (Å²) in [5, 5.41) is 3.03. The number of likely N-dealkylation sites (tertiary alicyclic amines) is 1. The topological polar surface area (TPSA) is 69.7 Å². The summed E-state index contributed by atoms with van der Waals surface area (Å²) in [7, 11) is -3.54. The van der Waals surface area contributed by atoms with Crippen molar-refractivity contribution in [3.63, 3.8) is 0 Å². The lowest BCUT2D eigenvalue weighted by atomic mass is 9.98. The van der Waals surface area contributed by atoms with Crippen LogP contribution in [0.15, 0.2) is 40.6 Å². The van der Waals surface area contributed by atoms with Gasteiger partial charge in [0, 0.05) is 30.2 Å². The molecule has 1 aromatic heterocycles. The number of amides is 1. The van der Waals surface area contributed by atoms with E-state index in [-0.39, 0.29) is 18.4 Å². The standard InChI is InChI=1S/C23H31N3O3S2/c1-18-10-11-22(30-18)31(28,29)26-14-6-8-20(17-26)23(27)24-21-9-5-7-19(15-21)16-25-12-3-2-4-13-25/h5,7,9-11,15,20H,2-4,6,8,12-14,16-17H2,1H3,(H,24,27). The predicted molar refractivity (Wildman–Crippen MR) is 125 cm³/mol. The zero-order chi connectivity index (χ0) is 21.8. The van der Waals surface area contributed by atoms with Crippen LogP contribution in [0.2, 0.25) is 0 Å². The SMILES string of the molecule is Cc1ccc(S(=O)(=O)N2CCCC(C(=O)Nc3cccc(CN4CCCCC4)c3)C2)s1. The molecule has 0 spiro atoms. The first-order valence-electron chi connectivity index (χ1n) is 11.1. The van der Waals surface area contributed by atoms with Crippen LogP contribution in [0.3, 0.4) is 0 Å². The summed E-state index contributed by atoms with van der Waals surface area (Å²) < 4.78 is 27.8. The lowest BCUT2D eigenvalue weighted by Gasteiger charge is -2.31. The Hall–Kier alpha value is -1.74. The predicted octanol–water partition coefficient (Wildman–Crippen LogP) is 4.08. The lowest BCUT2D eigenvalue weighted by molar-refractivity contribution is -0.120. The average molecular weight is 462 g/mol. The number of benzene rings is 1. The van der Waals surface area contributed by atoms with Gasteiger partial charge in [-0.05, 0) is 75.5 Å². The van der Waals surface area contributed by atoms with Gasteiger partial charge >= 0.3 is 0 Å². The number of thiophene rings is 1. The second kappa shape index (κ2) is 9.81. The third-order valence-corrected chi connectivity index (χ3v) is 9.45. The maximum Gasteiger partial charge on any atom is 0.252 e. The first kappa shape index (κ1) is 22.5. The minimum Gasteiger partial charge on any atom is -0.326 e. The van der Waals surface area contributed by atoms with Gasteiger partial charge in [0.2, 0.25) is 5.91 Å². The Kier molecular flexibility index (Phi) is 7.11. The summed E-state index contributed by atoms with van der Waals surface area (Å²) in [5.74, 6) is -0.437. The van der Waals surface area contributed by atoms with Gasteiger partial charge in [-0.2, -0.15) is 4.31 Å². The highest BCUT2D eigenvalue weighted by Crippen LogP contribution is 2.29. The number of rotatable bonds is 6. The van der Waals surface area contributed by atoms with Crippen molar-refractivity contribution in [2.45, 2.75) is 49.8 Å². The van der Waals surface area contributed by atoms with E-state index in [0.717, 1.165) is 30.2 Å². The number of hydrogen-bond donors (Lipinski definition) is 1. The number of hydrogen-bond acceptors (Lipinski definition) is 5. The molecule has 1 atom stereocenters. The van der Waals surface area contributed by atoms with Gasteiger partial charge in [-0.25, -0.2) is 8.42 Å². The Labute approximate surface area is 189 Å². The summed E-state index contributed by atoms with van der Waals surface area (Å²) in [6, 6.07) is 11.5. The van der Waals surface area contributed by atoms with Crippen LogP contribution in [-0.4, -0.2) is 49.7 Å². The maximum atomic E-state index is 13.0. The minimum absolute atomic E-state index is 0.0996. The van der Waals surface area contributed by atoms with Crippen LogP contribution in [0.4, 0.5) is 5.69 Å². The van der Waals surface area contributed by atoms with Gasteiger partial charge in [0.15, 0.2) is 0 Å². The van der Waals surface area contributed by atoms with Crippen LogP contribution in [-0.2, 0) is 21.4 Å². The van der Waals surface area contributed by atoms with Crippen LogP contribution in [0.1, 0.15) is 42.5 Å². The van der Waals surface area contributed by atoms with Gasteiger partial charge < -0.3 is 5.32 Å². The highest BCUT2D eigenvalue weighted by atomic mass is 32.2. The van der Waals surface area contributed by atoms with Gasteiger partial charge in [-0.1, -0.05) is 18.6 Å². The van der Waals surface area contributed by atoms with E-state index >= 15 is 0 Å². The molecule has 2 aliphatic heterocycles. The number of sulfonamides is 1. The molecule has 168 valence electrons. The number of carbonyl (C=O) groups excluding carboxylic acids is 1. The van der Waals surface area contributed by atoms with Crippen LogP contribution >= 0.6 is 11.3 Å². The van der Waals surface area contributed by atoms with Crippen molar-refractivity contribution < 1.29 is 13.2 Å². The van der Waals surface area contributed by atoms with Crippen molar-refractivity contribution >= 4 is 33.0 Å². The zero-order valence-corrected chi connectivity index (χ0v) is 19.7. The van der Waals surface area contributed by atoms with Crippen LogP contribution < -0.4 is 5.32 Å². The van der Waals surface area contributed by atoms with E-state index in [1.165, 1.54) is 40.5 Å². The van der Waals surface area contributed by atoms with Gasteiger partial charge in [-0.3, -0.25) is 9.69 Å². The molecule has 2 fully saturated rings. The van der Waals surface area contributed by atoms with Crippen LogP contribution in [0, 0.1) is 12.8 Å². The number of aryl methyl sites for hydroxylation is 1. The monoisotopic (exact) mass is 461 g/mol. The Morgan fingerprint density at radius 2 is 1.90 bits per heavy atom. The fraction of sp³-hybridized carbons (Fsp3) is 0.522. The Balaban J connectivity index is 1.38. The fourth-order valence-electron chi connectivity index (χ4n) is 4.42. The Morgan fingerprint density at radius 3 is 2.65 bits per heavy atom. The molecule has 4 rings (SSSR count). The molecule has 1 unspecified atom stereocenters. The molecule has 1 amide bonds. The molecule has 0 saturated carbocycles. The van der Waals surface area contributed by atoms with Gasteiger partial charge in [0.25, 0.3) is 10.0 Å². The normalized spacial score (nSPS) is 21.1. The molecule has 2 saturated heterocycles. The number of anilines is 1. The van der Waals surface area contributed by atoms with E-state index in [0.29, 0.717) is 23.6 Å². The third kappa shape index (κ3) is 5.55. The zero-order valence-electron chi connectivity index (χ0n) is 18.0. The lowest BCUT2D eigenvalue weighted by Crippen LogP contribution is -2.43. The van der Waals surface area contributed by atoms with E-state index in [1.807, 2.05) is 31.2 Å². The summed E-state index contributed by atoms with van der Waals surface area (Å²) in [6.45, 7) is 5.77. The van der Waals surface area contributed by atoms with Crippen molar-refractivity contribution in [3.05, 3.63) is 46.8 Å². The maximum absolute atomic E-state index is 13.0. The van der Waals surface area contributed by atoms with Crippen molar-refractivity contribution in [2.75, 3.05) is 31.5 Å². The second-order valence-corrected chi connectivity index (χ2v) is 12.0. The first-order chi connectivity index (χ1) is 14.9. The first-order valence-corrected chi connectivity index (χ1v) is 13.4. The molecule has 1 N–H and O–H groups in total. The average Bonchev–Trinajstić information content (AvgIpc) is 3.22. The van der Waals surface area contributed by atoms with E-state index in [2.05, 4.69) is 16.3 Å². The highest BCUT2D eigenvalue weighted by Gasteiger charge is 2.34. The number of piperidine rings is 2. The summed E-state index contributed by atoms with van der Waals surface area (Å²) in [6.07, 6.45) is 5.21. The Bertz CT molecular complexity index is 1010. The Morgan fingerprint density at radius 1 is 1.10 bits per heavy atom. The van der Waals surface area contributed by atoms with Gasteiger partial charge in [0.05, 0.1) is 5.92 Å². The van der Waals surface area contributed by atoms with E-state index < -0.39 is 10.0 Å². The molecule has 8 heteroatoms. The van der Waals surface area contributed by atoms with Crippen molar-refractivity contribution in [1.29, 1.82) is 0 Å². The van der Waals surface area contributed by atoms with Crippen LogP contribution in [0.25, 0.3) is 0 Å². The van der Waals surface area contributed by atoms with Crippen molar-refractivity contribution in [2.24, 2.45) is 5.92 Å². The number of nitrogens with zero attached hydrogens (tertiary/aromatic N) is 2. The van der Waals surface area contributed by atoms with Gasteiger partial charge in [0.1, 0.15) is 4.21 Å². The minimum atomic E-state index is -3.54. The summed E-state index contributed by atoms with van der Waals surface area (Å²) in [5.41, 5.74) is 1.98. The number of nitrogens with one attached hydrogen (secondary N) is 1. The fourth-order valence-corrected chi connectivity index (χ4v) is 7.38. The molecule has 0 bridgehead atoms. The second-order valence-electron chi connectivity index (χ2n) is 8.59. The molecule has 0 radical (unpaired) electrons. The van der Waals surface area contributed by atoms with Crippen molar-refractivity contribution in [3.8, 4) is 0 Å². The molecular formula is C23H31N3O3S2.